The van der Waals surface area contributed by atoms with Gasteiger partial charge in [-0.25, -0.2) is 8.42 Å². The number of hydrogen-bond donors (Lipinski definition) is 1. The number of aromatic nitrogens is 2. The predicted molar refractivity (Wildman–Crippen MR) is 106 cm³/mol. The number of amides is 1. The standard InChI is InChI=1S/C20H21N3O5S/c1-27-16-9-11-17(12-10-16)29(25,26)13-5-8-18(24)21-20-23-22-19(28-20)14-15-6-3-2-4-7-15/h2-4,6-7,9-12H,5,8,13-14H2,1H3,(H,21,23,24). The fraction of sp³-hybridized carbons (Fsp3) is 0.250. The zero-order valence-corrected chi connectivity index (χ0v) is 16.7. The molecule has 0 saturated carbocycles. The first-order valence-corrected chi connectivity index (χ1v) is 10.6. The molecule has 0 aliphatic heterocycles. The van der Waals surface area contributed by atoms with E-state index in [1.165, 1.54) is 19.2 Å². The van der Waals surface area contributed by atoms with Gasteiger partial charge in [-0.1, -0.05) is 35.4 Å². The molecule has 0 aliphatic rings. The first kappa shape index (κ1) is 20.5. The highest BCUT2D eigenvalue weighted by Crippen LogP contribution is 2.18. The van der Waals surface area contributed by atoms with Crippen LogP contribution in [-0.2, 0) is 21.1 Å². The first-order chi connectivity index (χ1) is 14.0. The highest BCUT2D eigenvalue weighted by molar-refractivity contribution is 7.91. The van der Waals surface area contributed by atoms with E-state index in [1.54, 1.807) is 12.1 Å². The van der Waals surface area contributed by atoms with E-state index in [2.05, 4.69) is 15.5 Å². The van der Waals surface area contributed by atoms with Gasteiger partial charge in [0.15, 0.2) is 9.84 Å². The molecule has 0 unspecified atom stereocenters. The Morgan fingerprint density at radius 1 is 1.07 bits per heavy atom. The molecular formula is C20H21N3O5S. The Morgan fingerprint density at radius 3 is 2.48 bits per heavy atom. The Kier molecular flexibility index (Phi) is 6.61. The van der Waals surface area contributed by atoms with E-state index in [0.717, 1.165) is 5.56 Å². The number of ether oxygens (including phenoxy) is 1. The van der Waals surface area contributed by atoms with Crippen LogP contribution in [0.3, 0.4) is 0 Å². The van der Waals surface area contributed by atoms with Gasteiger partial charge < -0.3 is 9.15 Å². The smallest absolute Gasteiger partial charge is 0.322 e. The zero-order chi connectivity index (χ0) is 20.7. The lowest BCUT2D eigenvalue weighted by Crippen LogP contribution is -2.14. The van der Waals surface area contributed by atoms with Crippen LogP contribution in [0.15, 0.2) is 63.9 Å². The van der Waals surface area contributed by atoms with Crippen molar-refractivity contribution in [2.24, 2.45) is 0 Å². The van der Waals surface area contributed by atoms with Gasteiger partial charge in [0, 0.05) is 6.42 Å². The number of sulfone groups is 1. The van der Waals surface area contributed by atoms with Crippen molar-refractivity contribution < 1.29 is 22.4 Å². The number of carbonyl (C=O) groups excluding carboxylic acids is 1. The van der Waals surface area contributed by atoms with Crippen molar-refractivity contribution in [2.75, 3.05) is 18.2 Å². The van der Waals surface area contributed by atoms with Gasteiger partial charge in [0.2, 0.25) is 11.8 Å². The number of nitrogens with one attached hydrogen (secondary N) is 1. The van der Waals surface area contributed by atoms with Gasteiger partial charge >= 0.3 is 6.01 Å². The average molecular weight is 415 g/mol. The molecule has 9 heteroatoms. The molecule has 0 atom stereocenters. The molecule has 8 nitrogen and oxygen atoms in total. The van der Waals surface area contributed by atoms with Crippen molar-refractivity contribution in [3.8, 4) is 5.75 Å². The summed E-state index contributed by atoms with van der Waals surface area (Å²) in [4.78, 5) is 12.2. The van der Waals surface area contributed by atoms with Crippen molar-refractivity contribution in [3.05, 3.63) is 66.1 Å². The average Bonchev–Trinajstić information content (AvgIpc) is 3.15. The van der Waals surface area contributed by atoms with Crippen LogP contribution < -0.4 is 10.1 Å². The summed E-state index contributed by atoms with van der Waals surface area (Å²) in [5.41, 5.74) is 1.01. The van der Waals surface area contributed by atoms with Gasteiger partial charge in [0.25, 0.3) is 0 Å². The third-order valence-corrected chi connectivity index (χ3v) is 5.96. The van der Waals surface area contributed by atoms with Gasteiger partial charge in [0.1, 0.15) is 5.75 Å². The van der Waals surface area contributed by atoms with Gasteiger partial charge in [-0.15, -0.1) is 5.10 Å². The molecule has 1 amide bonds. The van der Waals surface area contributed by atoms with Gasteiger partial charge in [0.05, 0.1) is 24.2 Å². The van der Waals surface area contributed by atoms with E-state index in [1.807, 2.05) is 30.3 Å². The minimum Gasteiger partial charge on any atom is -0.497 e. The van der Waals surface area contributed by atoms with Crippen molar-refractivity contribution in [1.29, 1.82) is 0 Å². The predicted octanol–water partition coefficient (Wildman–Crippen LogP) is 2.86. The zero-order valence-electron chi connectivity index (χ0n) is 15.9. The lowest BCUT2D eigenvalue weighted by Gasteiger charge is -2.05. The number of nitrogens with zero attached hydrogens (tertiary/aromatic N) is 2. The quantitative estimate of drug-likeness (QED) is 0.572. The number of anilines is 1. The van der Waals surface area contributed by atoms with Crippen molar-refractivity contribution in [2.45, 2.75) is 24.2 Å². The minimum atomic E-state index is -3.47. The highest BCUT2D eigenvalue weighted by Gasteiger charge is 2.16. The summed E-state index contributed by atoms with van der Waals surface area (Å²) in [6, 6.07) is 15.8. The SMILES string of the molecule is COc1ccc(S(=O)(=O)CCCC(=O)Nc2nnc(Cc3ccccc3)o2)cc1. The lowest BCUT2D eigenvalue weighted by molar-refractivity contribution is -0.116. The molecule has 2 aromatic carbocycles. The van der Waals surface area contributed by atoms with Crippen LogP contribution in [0, 0.1) is 0 Å². The van der Waals surface area contributed by atoms with Crippen LogP contribution in [0.25, 0.3) is 0 Å². The Labute approximate surface area is 168 Å². The summed E-state index contributed by atoms with van der Waals surface area (Å²) in [6.45, 7) is 0. The molecule has 0 fully saturated rings. The van der Waals surface area contributed by atoms with E-state index in [9.17, 15) is 13.2 Å². The van der Waals surface area contributed by atoms with Crippen LogP contribution in [0.4, 0.5) is 6.01 Å². The van der Waals surface area contributed by atoms with Crippen molar-refractivity contribution in [1.82, 2.24) is 10.2 Å². The fourth-order valence-electron chi connectivity index (χ4n) is 2.65. The molecule has 0 radical (unpaired) electrons. The van der Waals surface area contributed by atoms with Gasteiger partial charge in [-0.3, -0.25) is 10.1 Å². The molecule has 3 rings (SSSR count). The van der Waals surface area contributed by atoms with Crippen LogP contribution in [0.1, 0.15) is 24.3 Å². The summed E-state index contributed by atoms with van der Waals surface area (Å²) in [5, 5.41) is 10.2. The Hall–Kier alpha value is -3.20. The molecule has 0 bridgehead atoms. The van der Waals surface area contributed by atoms with Crippen molar-refractivity contribution >= 4 is 21.8 Å². The van der Waals surface area contributed by atoms with E-state index in [-0.39, 0.29) is 35.4 Å². The lowest BCUT2D eigenvalue weighted by atomic mass is 10.2. The molecule has 29 heavy (non-hydrogen) atoms. The Balaban J connectivity index is 1.47. The molecular weight excluding hydrogens is 394 g/mol. The maximum Gasteiger partial charge on any atom is 0.322 e. The van der Waals surface area contributed by atoms with Crippen LogP contribution in [0.2, 0.25) is 0 Å². The number of rotatable bonds is 9. The third-order valence-electron chi connectivity index (χ3n) is 4.15. The summed E-state index contributed by atoms with van der Waals surface area (Å²) in [6.07, 6.45) is 0.654. The number of carbonyl (C=O) groups is 1. The minimum absolute atomic E-state index is 0.000979. The maximum atomic E-state index is 12.3. The van der Waals surface area contributed by atoms with E-state index in [4.69, 9.17) is 9.15 Å². The molecule has 1 heterocycles. The largest absolute Gasteiger partial charge is 0.497 e. The van der Waals surface area contributed by atoms with Crippen LogP contribution >= 0.6 is 0 Å². The summed E-state index contributed by atoms with van der Waals surface area (Å²) in [7, 11) is -1.96. The summed E-state index contributed by atoms with van der Waals surface area (Å²) in [5.74, 6) is 0.434. The second kappa shape index (κ2) is 9.33. The Morgan fingerprint density at radius 2 is 1.79 bits per heavy atom. The molecule has 1 aromatic heterocycles. The monoisotopic (exact) mass is 415 g/mol. The van der Waals surface area contributed by atoms with Crippen LogP contribution in [-0.4, -0.2) is 37.4 Å². The van der Waals surface area contributed by atoms with E-state index >= 15 is 0 Å². The molecule has 0 aliphatic carbocycles. The second-order valence-electron chi connectivity index (χ2n) is 6.31. The molecule has 3 aromatic rings. The van der Waals surface area contributed by atoms with Gasteiger partial charge in [-0.2, -0.15) is 0 Å². The summed E-state index contributed by atoms with van der Waals surface area (Å²) >= 11 is 0. The molecule has 0 spiro atoms. The fourth-order valence-corrected chi connectivity index (χ4v) is 3.96. The Bertz CT molecular complexity index is 1050. The molecule has 1 N–H and O–H groups in total. The van der Waals surface area contributed by atoms with Crippen LogP contribution in [0.5, 0.6) is 5.75 Å². The highest BCUT2D eigenvalue weighted by atomic mass is 32.2. The normalized spacial score (nSPS) is 11.2. The molecule has 0 saturated heterocycles. The van der Waals surface area contributed by atoms with E-state index < -0.39 is 9.84 Å². The second-order valence-corrected chi connectivity index (χ2v) is 8.42. The van der Waals surface area contributed by atoms with E-state index in [0.29, 0.717) is 18.1 Å². The van der Waals surface area contributed by atoms with Gasteiger partial charge in [-0.05, 0) is 36.2 Å². The first-order valence-electron chi connectivity index (χ1n) is 8.99. The topological polar surface area (TPSA) is 111 Å². The maximum absolute atomic E-state index is 12.3. The number of methoxy groups -OCH3 is 1. The van der Waals surface area contributed by atoms with Crippen molar-refractivity contribution in [3.63, 3.8) is 0 Å². The third kappa shape index (κ3) is 5.89. The number of hydrogen-bond acceptors (Lipinski definition) is 7. The number of benzene rings is 2. The summed E-state index contributed by atoms with van der Waals surface area (Å²) < 4.78 is 35.1. The molecule has 152 valence electrons.